The Morgan fingerprint density at radius 3 is 2.46 bits per heavy atom. The van der Waals surface area contributed by atoms with Crippen molar-refractivity contribution >= 4 is 17.3 Å². The Morgan fingerprint density at radius 1 is 1.15 bits per heavy atom. The minimum atomic E-state index is -0.0686. The molecule has 2 N–H and O–H groups in total. The van der Waals surface area contributed by atoms with Crippen molar-refractivity contribution in [3.05, 3.63) is 90.0 Å². The summed E-state index contributed by atoms with van der Waals surface area (Å²) in [5, 5.41) is 6.03. The first kappa shape index (κ1) is 19.7. The summed E-state index contributed by atoms with van der Waals surface area (Å²) in [4.78, 5) is 11.8. The van der Waals surface area contributed by atoms with Gasteiger partial charge in [-0.15, -0.1) is 11.6 Å². The molecule has 5 heteroatoms. The van der Waals surface area contributed by atoms with Crippen LogP contribution in [-0.4, -0.2) is 16.6 Å². The number of hydrogen-bond acceptors (Lipinski definition) is 3. The van der Waals surface area contributed by atoms with Gasteiger partial charge in [-0.3, -0.25) is 4.79 Å². The second-order valence-electron chi connectivity index (χ2n) is 5.94. The van der Waals surface area contributed by atoms with Crippen molar-refractivity contribution in [3.63, 3.8) is 0 Å². The van der Waals surface area contributed by atoms with Gasteiger partial charge in [-0.1, -0.05) is 12.1 Å². The summed E-state index contributed by atoms with van der Waals surface area (Å²) in [5.41, 5.74) is 9.57. The zero-order valence-electron chi connectivity index (χ0n) is 14.5. The van der Waals surface area contributed by atoms with E-state index in [1.54, 1.807) is 5.01 Å². The number of amides is 1. The van der Waals surface area contributed by atoms with Crippen LogP contribution in [0.3, 0.4) is 0 Å². The number of nitrogens with zero attached hydrogens (tertiary/aromatic N) is 2. The minimum absolute atomic E-state index is 0. The van der Waals surface area contributed by atoms with Crippen molar-refractivity contribution in [1.82, 2.24) is 5.01 Å². The van der Waals surface area contributed by atoms with Gasteiger partial charge in [-0.2, -0.15) is 36.4 Å². The van der Waals surface area contributed by atoms with E-state index in [0.29, 0.717) is 12.1 Å². The van der Waals surface area contributed by atoms with Crippen LogP contribution in [0.15, 0.2) is 84.0 Å². The molecular formula is C21H21FeN3O. The summed E-state index contributed by atoms with van der Waals surface area (Å²) in [6, 6.07) is 25.6. The number of nitrogens with two attached hydrogens (primary N) is 1. The maximum atomic E-state index is 11.8. The molecule has 0 bridgehead atoms. The van der Waals surface area contributed by atoms with E-state index in [9.17, 15) is 4.79 Å². The molecule has 1 amide bonds. The maximum absolute atomic E-state index is 11.8. The molecule has 26 heavy (non-hydrogen) atoms. The third-order valence-corrected chi connectivity index (χ3v) is 4.08. The van der Waals surface area contributed by atoms with Crippen LogP contribution in [0, 0.1) is 0 Å². The number of hydrogen-bond donors (Lipinski definition) is 1. The Morgan fingerprint density at radius 2 is 1.92 bits per heavy atom. The van der Waals surface area contributed by atoms with Crippen molar-refractivity contribution in [2.75, 3.05) is 5.73 Å². The summed E-state index contributed by atoms with van der Waals surface area (Å²) in [7, 11) is 0. The summed E-state index contributed by atoms with van der Waals surface area (Å²) in [5.74, 6) is -0.0565. The van der Waals surface area contributed by atoms with Gasteiger partial charge in [0.2, 0.25) is 5.91 Å². The molecule has 0 saturated heterocycles. The first-order valence-electron chi connectivity index (χ1n) is 8.26. The molecule has 134 valence electrons. The smallest absolute Gasteiger partial charge is 0.399 e. The molecule has 1 unspecified atom stereocenters. The third-order valence-electron chi connectivity index (χ3n) is 4.08. The van der Waals surface area contributed by atoms with E-state index in [2.05, 4.69) is 5.10 Å². The van der Waals surface area contributed by atoms with E-state index in [-0.39, 0.29) is 29.0 Å². The van der Waals surface area contributed by atoms with Crippen LogP contribution in [0.1, 0.15) is 30.5 Å². The van der Waals surface area contributed by atoms with Gasteiger partial charge in [-0.25, -0.2) is 22.2 Å². The Balaban J connectivity index is 0.000000351. The zero-order valence-corrected chi connectivity index (χ0v) is 15.6. The number of benzene rings is 1. The minimum Gasteiger partial charge on any atom is -0.399 e. The first-order valence-corrected chi connectivity index (χ1v) is 8.26. The van der Waals surface area contributed by atoms with E-state index < -0.39 is 0 Å². The molecule has 4 nitrogen and oxygen atoms in total. The topological polar surface area (TPSA) is 58.7 Å². The average molecular weight is 387 g/mol. The van der Waals surface area contributed by atoms with Crippen LogP contribution in [0.4, 0.5) is 5.69 Å². The van der Waals surface area contributed by atoms with Crippen molar-refractivity contribution < 1.29 is 21.9 Å². The summed E-state index contributed by atoms with van der Waals surface area (Å²) >= 11 is 0. The van der Waals surface area contributed by atoms with Gasteiger partial charge in [-0.05, 0) is 29.8 Å². The molecule has 1 aliphatic heterocycles. The number of nitrogen functional groups attached to an aromatic ring is 1. The summed E-state index contributed by atoms with van der Waals surface area (Å²) < 4.78 is 0. The molecule has 0 saturated carbocycles. The third kappa shape index (κ3) is 4.72. The van der Waals surface area contributed by atoms with E-state index in [4.69, 9.17) is 5.73 Å². The van der Waals surface area contributed by atoms with Crippen LogP contribution in [-0.2, 0) is 21.9 Å². The van der Waals surface area contributed by atoms with Gasteiger partial charge < -0.3 is 5.73 Å². The molecule has 3 aromatic rings. The van der Waals surface area contributed by atoms with Crippen LogP contribution < -0.4 is 5.73 Å². The fourth-order valence-electron chi connectivity index (χ4n) is 2.89. The average Bonchev–Trinajstić information content (AvgIpc) is 3.36. The van der Waals surface area contributed by atoms with Crippen molar-refractivity contribution in [2.45, 2.75) is 19.4 Å². The van der Waals surface area contributed by atoms with Crippen molar-refractivity contribution in [1.29, 1.82) is 0 Å². The number of carbonyl (C=O) groups is 1. The molecule has 1 aliphatic rings. The predicted molar refractivity (Wildman–Crippen MR) is 101 cm³/mol. The van der Waals surface area contributed by atoms with E-state index >= 15 is 0 Å². The van der Waals surface area contributed by atoms with E-state index in [1.807, 2.05) is 78.9 Å². The van der Waals surface area contributed by atoms with Crippen LogP contribution in [0.2, 0.25) is 0 Å². The van der Waals surface area contributed by atoms with E-state index in [1.165, 1.54) is 6.92 Å². The SMILES string of the molecule is CC(=O)N1N=C(c2ccc[cH-]2)CC1c1cccc(N)c1.[Fe+2].c1cc[cH-]c1. The van der Waals surface area contributed by atoms with Gasteiger partial charge in [0.05, 0.1) is 6.04 Å². The monoisotopic (exact) mass is 387 g/mol. The quantitative estimate of drug-likeness (QED) is 0.409. The largest absolute Gasteiger partial charge is 2.00 e. The van der Waals surface area contributed by atoms with Gasteiger partial charge in [0, 0.05) is 12.6 Å². The number of carbonyl (C=O) groups excluding carboxylic acids is 1. The molecule has 4 rings (SSSR count). The number of rotatable bonds is 2. The normalized spacial score (nSPS) is 15.5. The summed E-state index contributed by atoms with van der Waals surface area (Å²) in [6.07, 6.45) is 0.715. The molecule has 0 fully saturated rings. The first-order chi connectivity index (χ1) is 12.1. The van der Waals surface area contributed by atoms with E-state index in [0.717, 1.165) is 16.8 Å². The molecule has 1 atom stereocenters. The van der Waals surface area contributed by atoms with Crippen molar-refractivity contribution in [3.8, 4) is 0 Å². The van der Waals surface area contributed by atoms with Crippen molar-refractivity contribution in [2.24, 2.45) is 5.10 Å². The number of anilines is 1. The molecule has 0 aromatic heterocycles. The molecular weight excluding hydrogens is 366 g/mol. The molecule has 0 spiro atoms. The Kier molecular flexibility index (Phi) is 6.96. The second kappa shape index (κ2) is 9.18. The molecule has 3 aromatic carbocycles. The molecule has 0 aliphatic carbocycles. The fourth-order valence-corrected chi connectivity index (χ4v) is 2.89. The zero-order chi connectivity index (χ0) is 17.6. The molecule has 1 heterocycles. The maximum Gasteiger partial charge on any atom is 2.00 e. The van der Waals surface area contributed by atoms with Gasteiger partial charge in [0.1, 0.15) is 0 Å². The van der Waals surface area contributed by atoms with Gasteiger partial charge >= 0.3 is 17.1 Å². The second-order valence-corrected chi connectivity index (χ2v) is 5.94. The van der Waals surface area contributed by atoms with Crippen LogP contribution in [0.25, 0.3) is 0 Å². The van der Waals surface area contributed by atoms with Crippen LogP contribution in [0.5, 0.6) is 0 Å². The van der Waals surface area contributed by atoms with Gasteiger partial charge in [0.25, 0.3) is 0 Å². The summed E-state index contributed by atoms with van der Waals surface area (Å²) in [6.45, 7) is 1.54. The Bertz CT molecular complexity index is 821. The Labute approximate surface area is 164 Å². The number of hydrazone groups is 1. The standard InChI is InChI=1S/C16H16N3O.C5H5.Fe/c1-11(20)19-16(13-7-4-8-14(17)9-13)10-15(18-19)12-5-2-3-6-12;1-2-4-5-3-1;/h2-9,16H,10,17H2,1H3;1-5H;/q2*-1;+2. The molecule has 0 radical (unpaired) electrons. The Hall–Kier alpha value is -2.62. The fraction of sp³-hybridized carbons (Fsp3) is 0.143. The van der Waals surface area contributed by atoms with Gasteiger partial charge in [0.15, 0.2) is 0 Å². The van der Waals surface area contributed by atoms with Crippen LogP contribution >= 0.6 is 0 Å². The predicted octanol–water partition coefficient (Wildman–Crippen LogP) is 4.09.